The number of hydroxylamine groups is 4. The summed E-state index contributed by atoms with van der Waals surface area (Å²) in [6.07, 6.45) is 0. The van der Waals surface area contributed by atoms with Crippen molar-refractivity contribution in [1.82, 2.24) is 10.1 Å². The van der Waals surface area contributed by atoms with Gasteiger partial charge in [0.15, 0.2) is 0 Å². The molecular formula is C18H20N2O4S2. The van der Waals surface area contributed by atoms with Crippen LogP contribution >= 0.6 is 21.6 Å². The molecule has 2 aromatic carbocycles. The van der Waals surface area contributed by atoms with E-state index in [1.54, 1.807) is 38.4 Å². The summed E-state index contributed by atoms with van der Waals surface area (Å²) in [6, 6.07) is 14.5. The molecule has 8 heteroatoms. The Morgan fingerprint density at radius 3 is 1.42 bits per heavy atom. The van der Waals surface area contributed by atoms with Crippen molar-refractivity contribution in [2.75, 3.05) is 28.3 Å². The topological polar surface area (TPSA) is 59.1 Å². The Hall–Kier alpha value is -2.00. The predicted molar refractivity (Wildman–Crippen MR) is 103 cm³/mol. The lowest BCUT2D eigenvalue weighted by Crippen LogP contribution is -2.26. The second-order valence-electron chi connectivity index (χ2n) is 5.13. The van der Waals surface area contributed by atoms with E-state index < -0.39 is 0 Å². The Morgan fingerprint density at radius 1 is 0.731 bits per heavy atom. The molecule has 0 N–H and O–H groups in total. The minimum Gasteiger partial charge on any atom is -0.274 e. The molecule has 0 aliphatic carbocycles. The molecule has 138 valence electrons. The third-order valence-corrected chi connectivity index (χ3v) is 6.06. The third-order valence-electron chi connectivity index (χ3n) is 3.58. The fourth-order valence-corrected chi connectivity index (χ4v) is 4.38. The first kappa shape index (κ1) is 20.3. The summed E-state index contributed by atoms with van der Waals surface area (Å²) in [5, 5.41) is 2.35. The van der Waals surface area contributed by atoms with Crippen molar-refractivity contribution in [3.05, 3.63) is 59.7 Å². The van der Waals surface area contributed by atoms with E-state index in [0.29, 0.717) is 11.1 Å². The van der Waals surface area contributed by atoms with Crippen LogP contribution < -0.4 is 0 Å². The number of benzene rings is 2. The second-order valence-corrected chi connectivity index (χ2v) is 7.34. The molecule has 2 rings (SSSR count). The maximum atomic E-state index is 12.4. The molecule has 0 saturated heterocycles. The highest BCUT2D eigenvalue weighted by molar-refractivity contribution is 8.76. The molecule has 6 nitrogen and oxygen atoms in total. The summed E-state index contributed by atoms with van der Waals surface area (Å²) in [5.74, 6) is -0.473. The summed E-state index contributed by atoms with van der Waals surface area (Å²) in [4.78, 5) is 36.4. The van der Waals surface area contributed by atoms with Gasteiger partial charge in [-0.15, -0.1) is 0 Å². The van der Waals surface area contributed by atoms with Gasteiger partial charge in [-0.2, -0.15) is 0 Å². The molecule has 26 heavy (non-hydrogen) atoms. The Morgan fingerprint density at radius 2 is 1.08 bits per heavy atom. The Balaban J connectivity index is 2.23. The van der Waals surface area contributed by atoms with Crippen LogP contribution in [0.4, 0.5) is 0 Å². The molecule has 0 aliphatic rings. The average Bonchev–Trinajstić information content (AvgIpc) is 2.70. The minimum absolute atomic E-state index is 0.236. The van der Waals surface area contributed by atoms with Crippen LogP contribution in [-0.2, 0) is 9.68 Å². The van der Waals surface area contributed by atoms with E-state index >= 15 is 0 Å². The summed E-state index contributed by atoms with van der Waals surface area (Å²) >= 11 is 0. The highest BCUT2D eigenvalue weighted by Crippen LogP contribution is 2.40. The largest absolute Gasteiger partial charge is 0.278 e. The van der Waals surface area contributed by atoms with Gasteiger partial charge in [0, 0.05) is 23.9 Å². The van der Waals surface area contributed by atoms with E-state index in [4.69, 9.17) is 9.68 Å². The van der Waals surface area contributed by atoms with Crippen LogP contribution in [0.25, 0.3) is 0 Å². The number of carbonyl (C=O) groups excluding carboxylic acids is 2. The van der Waals surface area contributed by atoms with Crippen molar-refractivity contribution in [2.24, 2.45) is 0 Å². The van der Waals surface area contributed by atoms with Crippen LogP contribution in [-0.4, -0.2) is 50.3 Å². The van der Waals surface area contributed by atoms with Gasteiger partial charge in [0.2, 0.25) is 0 Å². The van der Waals surface area contributed by atoms with E-state index in [1.807, 2.05) is 24.3 Å². The molecule has 0 fully saturated rings. The predicted octanol–water partition coefficient (Wildman–Crippen LogP) is 3.75. The molecule has 0 unspecified atom stereocenters. The molecule has 2 aromatic rings. The molecule has 0 aliphatic heterocycles. The second kappa shape index (κ2) is 9.63. The lowest BCUT2D eigenvalue weighted by Gasteiger charge is -2.17. The molecule has 2 amide bonds. The maximum absolute atomic E-state index is 12.4. The molecule has 0 spiro atoms. The first-order valence-corrected chi connectivity index (χ1v) is 9.81. The fourth-order valence-electron chi connectivity index (χ4n) is 2.03. The van der Waals surface area contributed by atoms with Crippen LogP contribution in [0.3, 0.4) is 0 Å². The van der Waals surface area contributed by atoms with Crippen LogP contribution in [0.15, 0.2) is 58.3 Å². The zero-order chi connectivity index (χ0) is 19.1. The van der Waals surface area contributed by atoms with Gasteiger partial charge in [-0.25, -0.2) is 10.1 Å². The van der Waals surface area contributed by atoms with E-state index in [0.717, 1.165) is 9.79 Å². The zero-order valence-corrected chi connectivity index (χ0v) is 16.6. The average molecular weight is 393 g/mol. The monoisotopic (exact) mass is 392 g/mol. The zero-order valence-electron chi connectivity index (χ0n) is 15.0. The van der Waals surface area contributed by atoms with Gasteiger partial charge >= 0.3 is 0 Å². The van der Waals surface area contributed by atoms with E-state index in [2.05, 4.69) is 0 Å². The summed E-state index contributed by atoms with van der Waals surface area (Å²) in [6.45, 7) is 0. The van der Waals surface area contributed by atoms with Crippen molar-refractivity contribution in [3.8, 4) is 0 Å². The van der Waals surface area contributed by atoms with E-state index in [-0.39, 0.29) is 11.8 Å². The van der Waals surface area contributed by atoms with Crippen molar-refractivity contribution in [1.29, 1.82) is 0 Å². The van der Waals surface area contributed by atoms with Crippen LogP contribution in [0.2, 0.25) is 0 Å². The van der Waals surface area contributed by atoms with Gasteiger partial charge in [-0.3, -0.25) is 19.3 Å². The summed E-state index contributed by atoms with van der Waals surface area (Å²) in [7, 11) is 8.82. The molecular weight excluding hydrogens is 372 g/mol. The van der Waals surface area contributed by atoms with Gasteiger partial charge < -0.3 is 0 Å². The SMILES string of the molecule is CON(C)C(=O)c1ccccc1SSc1ccccc1C(=O)N(C)OC. The van der Waals surface area contributed by atoms with Crippen LogP contribution in [0.5, 0.6) is 0 Å². The quantitative estimate of drug-likeness (QED) is 0.528. The van der Waals surface area contributed by atoms with E-state index in [1.165, 1.54) is 45.9 Å². The maximum Gasteiger partial charge on any atom is 0.278 e. The Kier molecular flexibility index (Phi) is 7.52. The Bertz CT molecular complexity index is 720. The lowest BCUT2D eigenvalue weighted by molar-refractivity contribution is -0.0759. The summed E-state index contributed by atoms with van der Waals surface area (Å²) < 4.78 is 0. The lowest BCUT2D eigenvalue weighted by atomic mass is 10.2. The number of carbonyl (C=O) groups is 2. The van der Waals surface area contributed by atoms with Gasteiger partial charge in [-0.1, -0.05) is 45.9 Å². The fraction of sp³-hybridized carbons (Fsp3) is 0.222. The standard InChI is InChI=1S/C18H20N2O4S2/c1-19(23-3)17(21)13-9-5-7-11-15(13)25-26-16-12-8-6-10-14(16)18(22)20(2)24-4/h5-12H,1-4H3. The van der Waals surface area contributed by atoms with Crippen LogP contribution in [0, 0.1) is 0 Å². The normalized spacial score (nSPS) is 10.5. The first-order valence-electron chi connectivity index (χ1n) is 7.66. The molecule has 0 saturated carbocycles. The minimum atomic E-state index is -0.236. The number of rotatable bonds is 7. The highest BCUT2D eigenvalue weighted by atomic mass is 33.1. The number of hydrogen-bond acceptors (Lipinski definition) is 6. The number of nitrogens with zero attached hydrogens (tertiary/aromatic N) is 2. The number of hydrogen-bond donors (Lipinski definition) is 0. The molecule has 0 radical (unpaired) electrons. The highest BCUT2D eigenvalue weighted by Gasteiger charge is 2.19. The third kappa shape index (κ3) is 4.79. The van der Waals surface area contributed by atoms with Gasteiger partial charge in [-0.05, 0) is 24.3 Å². The molecule has 0 bridgehead atoms. The summed E-state index contributed by atoms with van der Waals surface area (Å²) in [5.41, 5.74) is 1.07. The molecule has 0 aromatic heterocycles. The van der Waals surface area contributed by atoms with Crippen molar-refractivity contribution < 1.29 is 19.3 Å². The van der Waals surface area contributed by atoms with Gasteiger partial charge in [0.1, 0.15) is 0 Å². The van der Waals surface area contributed by atoms with E-state index in [9.17, 15) is 9.59 Å². The van der Waals surface area contributed by atoms with Gasteiger partial charge in [0.05, 0.1) is 25.3 Å². The molecule has 0 heterocycles. The number of amides is 2. The smallest absolute Gasteiger partial charge is 0.274 e. The van der Waals surface area contributed by atoms with Crippen LogP contribution in [0.1, 0.15) is 20.7 Å². The van der Waals surface area contributed by atoms with Gasteiger partial charge in [0.25, 0.3) is 11.8 Å². The Labute approximate surface area is 160 Å². The first-order chi connectivity index (χ1) is 12.5. The van der Waals surface area contributed by atoms with Crippen molar-refractivity contribution in [2.45, 2.75) is 9.79 Å². The van der Waals surface area contributed by atoms with Crippen molar-refractivity contribution in [3.63, 3.8) is 0 Å². The molecule has 0 atom stereocenters. The van der Waals surface area contributed by atoms with Crippen molar-refractivity contribution >= 4 is 33.4 Å².